The van der Waals surface area contributed by atoms with Crippen LogP contribution in [0, 0.1) is 48.5 Å². The van der Waals surface area contributed by atoms with Crippen LogP contribution in [0.2, 0.25) is 0 Å². The maximum atomic E-state index is 3.86. The highest BCUT2D eigenvalue weighted by Gasteiger charge is 2.31. The number of nitrogens with one attached hydrogen (secondary N) is 2. The number of benzene rings is 5. The summed E-state index contributed by atoms with van der Waals surface area (Å²) in [7, 11) is 0. The van der Waals surface area contributed by atoms with Gasteiger partial charge in [-0.3, -0.25) is 0 Å². The van der Waals surface area contributed by atoms with Crippen LogP contribution in [0.1, 0.15) is 75.7 Å². The zero-order valence-electron chi connectivity index (χ0n) is 30.6. The summed E-state index contributed by atoms with van der Waals surface area (Å²) in [5.41, 5.74) is 21.9. The number of hydrogen-bond acceptors (Lipinski definition) is 1. The Balaban J connectivity index is 1.61. The molecule has 2 N–H and O–H groups in total. The fourth-order valence-electron chi connectivity index (χ4n) is 8.29. The van der Waals surface area contributed by atoms with E-state index in [4.69, 9.17) is 0 Å². The smallest absolute Gasteiger partial charge is 0.0465 e. The molecule has 0 spiro atoms. The molecule has 248 valence electrons. The van der Waals surface area contributed by atoms with E-state index in [-0.39, 0.29) is 5.92 Å². The third-order valence-corrected chi connectivity index (χ3v) is 11.2. The Morgan fingerprint density at radius 1 is 0.510 bits per heavy atom. The molecule has 0 aliphatic heterocycles. The number of nitrogens with zero attached hydrogens (tertiary/aromatic N) is 1. The summed E-state index contributed by atoms with van der Waals surface area (Å²) >= 11 is 0. The van der Waals surface area contributed by atoms with Crippen molar-refractivity contribution in [3.63, 3.8) is 0 Å². The van der Waals surface area contributed by atoms with Crippen molar-refractivity contribution < 1.29 is 0 Å². The standard InChI is InChI=1S/C46H49N3/c1-10-49(11-2)34-24-25-35(29(5)26-34)46(42-32(8)47-40-22-14-20-38(44(40)42)36-18-12-16-27(3)30(36)6)43-33(9)48-41-23-15-21-39(45(41)43)37-19-13-17-28(4)31(37)7/h12-26,46-48H,10-11H2,1-9H3. The lowest BCUT2D eigenvalue weighted by Crippen LogP contribution is -2.22. The minimum atomic E-state index is -0.00853. The lowest BCUT2D eigenvalue weighted by molar-refractivity contribution is 0.862. The van der Waals surface area contributed by atoms with E-state index in [0.29, 0.717) is 0 Å². The molecule has 2 heterocycles. The number of H-pyrrole nitrogens is 2. The molecule has 0 fully saturated rings. The average Bonchev–Trinajstić information content (AvgIpc) is 3.61. The molecule has 5 aromatic carbocycles. The first kappa shape index (κ1) is 32.5. The molecule has 0 unspecified atom stereocenters. The number of hydrogen-bond donors (Lipinski definition) is 2. The molecule has 0 radical (unpaired) electrons. The van der Waals surface area contributed by atoms with Crippen molar-refractivity contribution >= 4 is 27.5 Å². The van der Waals surface area contributed by atoms with Crippen LogP contribution >= 0.6 is 0 Å². The van der Waals surface area contributed by atoms with Crippen LogP contribution in [0.15, 0.2) is 91.0 Å². The molecule has 0 atom stereocenters. The van der Waals surface area contributed by atoms with Crippen LogP contribution < -0.4 is 4.90 Å². The molecule has 0 saturated heterocycles. The maximum Gasteiger partial charge on any atom is 0.0465 e. The predicted molar refractivity (Wildman–Crippen MR) is 212 cm³/mol. The highest BCUT2D eigenvalue weighted by Crippen LogP contribution is 2.48. The second kappa shape index (κ2) is 12.8. The normalized spacial score (nSPS) is 11.7. The fourth-order valence-corrected chi connectivity index (χ4v) is 8.29. The van der Waals surface area contributed by atoms with E-state index in [1.54, 1.807) is 0 Å². The zero-order valence-corrected chi connectivity index (χ0v) is 30.6. The van der Waals surface area contributed by atoms with Crippen LogP contribution in [0.25, 0.3) is 44.1 Å². The van der Waals surface area contributed by atoms with Crippen molar-refractivity contribution in [3.05, 3.63) is 147 Å². The van der Waals surface area contributed by atoms with Gasteiger partial charge in [0.2, 0.25) is 0 Å². The number of aryl methyl sites for hydroxylation is 5. The lowest BCUT2D eigenvalue weighted by Gasteiger charge is -2.26. The fraction of sp³-hybridized carbons (Fsp3) is 0.261. The number of aromatic nitrogens is 2. The summed E-state index contributed by atoms with van der Waals surface area (Å²) in [6.45, 7) is 22.3. The van der Waals surface area contributed by atoms with Gasteiger partial charge >= 0.3 is 0 Å². The molecular weight excluding hydrogens is 595 g/mol. The molecule has 7 aromatic rings. The van der Waals surface area contributed by atoms with Gasteiger partial charge < -0.3 is 14.9 Å². The van der Waals surface area contributed by atoms with Gasteiger partial charge in [-0.15, -0.1) is 0 Å². The second-order valence-corrected chi connectivity index (χ2v) is 13.9. The first-order valence-electron chi connectivity index (χ1n) is 17.9. The summed E-state index contributed by atoms with van der Waals surface area (Å²) in [6, 6.07) is 34.1. The van der Waals surface area contributed by atoms with Gasteiger partial charge in [0.25, 0.3) is 0 Å². The third kappa shape index (κ3) is 5.37. The third-order valence-electron chi connectivity index (χ3n) is 11.2. The first-order chi connectivity index (χ1) is 23.6. The molecule has 49 heavy (non-hydrogen) atoms. The highest BCUT2D eigenvalue weighted by molar-refractivity contribution is 6.03. The van der Waals surface area contributed by atoms with Crippen molar-refractivity contribution in [2.24, 2.45) is 0 Å². The van der Waals surface area contributed by atoms with E-state index in [9.17, 15) is 0 Å². The molecule has 0 bridgehead atoms. The van der Waals surface area contributed by atoms with Gasteiger partial charge in [0, 0.05) is 57.9 Å². The highest BCUT2D eigenvalue weighted by atomic mass is 15.1. The largest absolute Gasteiger partial charge is 0.372 e. The van der Waals surface area contributed by atoms with Crippen LogP contribution in [0.4, 0.5) is 5.69 Å². The molecule has 3 heteroatoms. The number of rotatable bonds is 8. The Morgan fingerprint density at radius 3 is 1.41 bits per heavy atom. The number of anilines is 1. The van der Waals surface area contributed by atoms with Crippen molar-refractivity contribution in [2.75, 3.05) is 18.0 Å². The predicted octanol–water partition coefficient (Wildman–Crippen LogP) is 12.2. The van der Waals surface area contributed by atoms with Crippen molar-refractivity contribution in [2.45, 2.75) is 68.2 Å². The quantitative estimate of drug-likeness (QED) is 0.170. The van der Waals surface area contributed by atoms with Crippen LogP contribution in [-0.4, -0.2) is 23.1 Å². The summed E-state index contributed by atoms with van der Waals surface area (Å²) in [4.78, 5) is 10.2. The van der Waals surface area contributed by atoms with Crippen molar-refractivity contribution in [3.8, 4) is 22.3 Å². The van der Waals surface area contributed by atoms with Gasteiger partial charge in [-0.1, -0.05) is 66.7 Å². The molecule has 3 nitrogen and oxygen atoms in total. The zero-order chi connectivity index (χ0) is 34.6. The monoisotopic (exact) mass is 643 g/mol. The van der Waals surface area contributed by atoms with E-state index < -0.39 is 0 Å². The van der Waals surface area contributed by atoms with Gasteiger partial charge in [-0.2, -0.15) is 0 Å². The second-order valence-electron chi connectivity index (χ2n) is 13.9. The van der Waals surface area contributed by atoms with E-state index in [0.717, 1.165) is 13.1 Å². The molecule has 0 aliphatic carbocycles. The Labute approximate surface area is 292 Å². The van der Waals surface area contributed by atoms with Crippen LogP contribution in [0.3, 0.4) is 0 Å². The topological polar surface area (TPSA) is 34.8 Å². The summed E-state index contributed by atoms with van der Waals surface area (Å²) in [5, 5.41) is 2.62. The molecule has 0 aliphatic rings. The van der Waals surface area contributed by atoms with E-state index >= 15 is 0 Å². The van der Waals surface area contributed by atoms with E-state index in [2.05, 4.69) is 168 Å². The Bertz CT molecular complexity index is 2210. The van der Waals surface area contributed by atoms with Gasteiger partial charge in [0.05, 0.1) is 0 Å². The Hall–Kier alpha value is -5.02. The van der Waals surface area contributed by atoms with E-state index in [1.807, 2.05) is 0 Å². The number of aromatic amines is 2. The molecule has 0 amide bonds. The van der Waals surface area contributed by atoms with Gasteiger partial charge in [0.15, 0.2) is 0 Å². The minimum Gasteiger partial charge on any atom is -0.372 e. The molecule has 2 aromatic heterocycles. The SMILES string of the molecule is CCN(CC)c1ccc(C(c2c(C)[nH]c3cccc(-c4cccc(C)c4C)c23)c2c(C)[nH]c3cccc(-c4cccc(C)c4C)c23)c(C)c1. The summed E-state index contributed by atoms with van der Waals surface area (Å²) in [6.07, 6.45) is 0. The van der Waals surface area contributed by atoms with Crippen molar-refractivity contribution in [1.29, 1.82) is 0 Å². The van der Waals surface area contributed by atoms with Crippen LogP contribution in [0.5, 0.6) is 0 Å². The lowest BCUT2D eigenvalue weighted by atomic mass is 9.78. The number of fused-ring (bicyclic) bond motifs is 2. The summed E-state index contributed by atoms with van der Waals surface area (Å²) in [5.74, 6) is -0.00853. The van der Waals surface area contributed by atoms with Gasteiger partial charge in [-0.05, 0) is 153 Å². The van der Waals surface area contributed by atoms with E-state index in [1.165, 1.54) is 106 Å². The maximum absolute atomic E-state index is 3.86. The molecule has 0 saturated carbocycles. The van der Waals surface area contributed by atoms with Gasteiger partial charge in [0.1, 0.15) is 0 Å². The average molecular weight is 644 g/mol. The minimum absolute atomic E-state index is 0.00853. The van der Waals surface area contributed by atoms with Crippen molar-refractivity contribution in [1.82, 2.24) is 9.97 Å². The molecular formula is C46H49N3. The summed E-state index contributed by atoms with van der Waals surface area (Å²) < 4.78 is 0. The van der Waals surface area contributed by atoms with Gasteiger partial charge in [-0.25, -0.2) is 0 Å². The molecule has 7 rings (SSSR count). The van der Waals surface area contributed by atoms with Crippen LogP contribution in [-0.2, 0) is 0 Å². The Kier molecular flexibility index (Phi) is 8.48. The Morgan fingerprint density at radius 2 is 0.959 bits per heavy atom. The first-order valence-corrected chi connectivity index (χ1v) is 17.9.